The molecule has 7 heteroatoms. The van der Waals surface area contributed by atoms with Gasteiger partial charge in [-0.3, -0.25) is 4.79 Å². The van der Waals surface area contributed by atoms with Gasteiger partial charge in [0.05, 0.1) is 0 Å². The standard InChI is InChI=1S/C28H34N2O5/c1-2-3-12-25(27(32)33)30-26(31)16-18-13-14-19(15-18)29-28(34)35-17-24-22-10-6-4-8-20(22)21-9-5-7-11-23(21)24/h4-11,18-19,24-25H,2-3,12-17H2,1H3,(H,29,34)(H,30,31)(H,32,33)/t18-,19+,25?/m1/s1. The smallest absolute Gasteiger partial charge is 0.407 e. The van der Waals surface area contributed by atoms with Gasteiger partial charge in [0, 0.05) is 18.4 Å². The molecule has 35 heavy (non-hydrogen) atoms. The summed E-state index contributed by atoms with van der Waals surface area (Å²) in [7, 11) is 0. The minimum Gasteiger partial charge on any atom is -0.480 e. The Bertz CT molecular complexity index is 1020. The van der Waals surface area contributed by atoms with E-state index < -0.39 is 18.1 Å². The minimum absolute atomic E-state index is 0.0167. The molecule has 186 valence electrons. The zero-order chi connectivity index (χ0) is 24.8. The van der Waals surface area contributed by atoms with Crippen molar-refractivity contribution in [2.75, 3.05) is 6.61 Å². The Morgan fingerprint density at radius 1 is 1.03 bits per heavy atom. The van der Waals surface area contributed by atoms with E-state index >= 15 is 0 Å². The van der Waals surface area contributed by atoms with Gasteiger partial charge >= 0.3 is 12.1 Å². The number of hydrogen-bond acceptors (Lipinski definition) is 4. The number of fused-ring (bicyclic) bond motifs is 3. The summed E-state index contributed by atoms with van der Waals surface area (Å²) in [5.41, 5.74) is 4.72. The third-order valence-electron chi connectivity index (χ3n) is 7.16. The van der Waals surface area contributed by atoms with Gasteiger partial charge in [0.15, 0.2) is 0 Å². The Morgan fingerprint density at radius 2 is 1.69 bits per heavy atom. The number of amides is 2. The van der Waals surface area contributed by atoms with Gasteiger partial charge in [-0.1, -0.05) is 68.3 Å². The highest BCUT2D eigenvalue weighted by atomic mass is 16.5. The van der Waals surface area contributed by atoms with E-state index in [9.17, 15) is 19.5 Å². The van der Waals surface area contributed by atoms with Gasteiger partial charge in [-0.05, 0) is 53.9 Å². The van der Waals surface area contributed by atoms with Crippen LogP contribution in [0.2, 0.25) is 0 Å². The molecule has 3 N–H and O–H groups in total. The SMILES string of the molecule is CCCCC(NC(=O)C[C@@H]1CC[C@H](NC(=O)OCC2c3ccccc3-c3ccccc32)C1)C(=O)O. The third kappa shape index (κ3) is 6.02. The molecular weight excluding hydrogens is 444 g/mol. The normalized spacial score (nSPS) is 19.5. The maximum Gasteiger partial charge on any atom is 0.407 e. The fraction of sp³-hybridized carbons (Fsp3) is 0.464. The Kier molecular flexibility index (Phi) is 8.06. The number of nitrogens with one attached hydrogen (secondary N) is 2. The molecule has 2 aliphatic carbocycles. The summed E-state index contributed by atoms with van der Waals surface area (Å²) in [5, 5.41) is 14.9. The number of carboxylic acids is 1. The number of unbranched alkanes of at least 4 members (excludes halogenated alkanes) is 1. The van der Waals surface area contributed by atoms with Gasteiger partial charge in [-0.2, -0.15) is 0 Å². The van der Waals surface area contributed by atoms with Crippen molar-refractivity contribution in [1.82, 2.24) is 10.6 Å². The number of ether oxygens (including phenoxy) is 1. The summed E-state index contributed by atoms with van der Waals surface area (Å²) >= 11 is 0. The van der Waals surface area contributed by atoms with Crippen molar-refractivity contribution in [1.29, 1.82) is 0 Å². The van der Waals surface area contributed by atoms with E-state index in [0.717, 1.165) is 25.7 Å². The number of rotatable bonds is 10. The van der Waals surface area contributed by atoms with Crippen LogP contribution in [-0.2, 0) is 14.3 Å². The van der Waals surface area contributed by atoms with Crippen LogP contribution in [0.3, 0.4) is 0 Å². The van der Waals surface area contributed by atoms with Crippen LogP contribution in [0.4, 0.5) is 4.79 Å². The summed E-state index contributed by atoms with van der Waals surface area (Å²) in [6, 6.07) is 15.6. The molecular formula is C28H34N2O5. The molecule has 3 atom stereocenters. The van der Waals surface area contributed by atoms with Crippen molar-refractivity contribution in [3.8, 4) is 11.1 Å². The number of aliphatic carboxylic acids is 1. The first-order valence-corrected chi connectivity index (χ1v) is 12.6. The van der Waals surface area contributed by atoms with Crippen LogP contribution in [0.25, 0.3) is 11.1 Å². The molecule has 2 amide bonds. The van der Waals surface area contributed by atoms with Crippen molar-refractivity contribution in [2.45, 2.75) is 69.9 Å². The van der Waals surface area contributed by atoms with Crippen LogP contribution in [-0.4, -0.2) is 41.8 Å². The molecule has 0 radical (unpaired) electrons. The number of benzene rings is 2. The number of carbonyl (C=O) groups is 3. The van der Waals surface area contributed by atoms with E-state index in [1.807, 2.05) is 31.2 Å². The van der Waals surface area contributed by atoms with Gasteiger partial charge in [0.25, 0.3) is 0 Å². The van der Waals surface area contributed by atoms with Crippen LogP contribution in [0.5, 0.6) is 0 Å². The molecule has 0 bridgehead atoms. The number of carboxylic acid groups (broad SMARTS) is 1. The lowest BCUT2D eigenvalue weighted by molar-refractivity contribution is -0.142. The summed E-state index contributed by atoms with van der Waals surface area (Å²) < 4.78 is 5.64. The van der Waals surface area contributed by atoms with Gasteiger partial charge < -0.3 is 20.5 Å². The Morgan fingerprint density at radius 3 is 2.31 bits per heavy atom. The second-order valence-corrected chi connectivity index (χ2v) is 9.65. The molecule has 2 aliphatic rings. The Balaban J connectivity index is 1.24. The highest BCUT2D eigenvalue weighted by Crippen LogP contribution is 2.44. The summed E-state index contributed by atoms with van der Waals surface area (Å²) in [6.45, 7) is 2.26. The van der Waals surface area contributed by atoms with Crippen molar-refractivity contribution in [3.05, 3.63) is 59.7 Å². The molecule has 2 aromatic carbocycles. The van der Waals surface area contributed by atoms with Gasteiger partial charge in [-0.25, -0.2) is 9.59 Å². The lowest BCUT2D eigenvalue weighted by Gasteiger charge is -2.18. The molecule has 1 fully saturated rings. The van der Waals surface area contributed by atoms with Gasteiger partial charge in [-0.15, -0.1) is 0 Å². The second kappa shape index (κ2) is 11.4. The second-order valence-electron chi connectivity index (χ2n) is 9.65. The van der Waals surface area contributed by atoms with Crippen LogP contribution < -0.4 is 10.6 Å². The molecule has 0 aliphatic heterocycles. The molecule has 2 aromatic rings. The van der Waals surface area contributed by atoms with E-state index in [1.165, 1.54) is 22.3 Å². The summed E-state index contributed by atoms with van der Waals surface area (Å²) in [5.74, 6) is -1.09. The molecule has 1 unspecified atom stereocenters. The first kappa shape index (κ1) is 24.8. The quantitative estimate of drug-likeness (QED) is 0.453. The van der Waals surface area contributed by atoms with Crippen molar-refractivity contribution < 1.29 is 24.2 Å². The first-order valence-electron chi connectivity index (χ1n) is 12.6. The van der Waals surface area contributed by atoms with Crippen LogP contribution >= 0.6 is 0 Å². The van der Waals surface area contributed by atoms with Crippen molar-refractivity contribution >= 4 is 18.0 Å². The summed E-state index contributed by atoms with van der Waals surface area (Å²) in [6.07, 6.45) is 4.19. The maximum absolute atomic E-state index is 12.6. The van der Waals surface area contributed by atoms with E-state index in [2.05, 4.69) is 34.9 Å². The molecule has 1 saturated carbocycles. The minimum atomic E-state index is -0.993. The number of alkyl carbamates (subject to hydrolysis) is 1. The molecule has 0 saturated heterocycles. The lowest BCUT2D eigenvalue weighted by atomic mass is 9.98. The molecule has 0 heterocycles. The van der Waals surface area contributed by atoms with Crippen molar-refractivity contribution in [2.24, 2.45) is 5.92 Å². The molecule has 4 rings (SSSR count). The van der Waals surface area contributed by atoms with Crippen LogP contribution in [0.1, 0.15) is 68.9 Å². The fourth-order valence-electron chi connectivity index (χ4n) is 5.38. The fourth-order valence-corrected chi connectivity index (χ4v) is 5.38. The molecule has 7 nitrogen and oxygen atoms in total. The number of hydrogen-bond donors (Lipinski definition) is 3. The average Bonchev–Trinajstić information content (AvgIpc) is 3.41. The van der Waals surface area contributed by atoms with Gasteiger partial charge in [0.2, 0.25) is 5.91 Å². The highest BCUT2D eigenvalue weighted by molar-refractivity contribution is 5.83. The van der Waals surface area contributed by atoms with Gasteiger partial charge in [0.1, 0.15) is 12.6 Å². The zero-order valence-electron chi connectivity index (χ0n) is 20.2. The van der Waals surface area contributed by atoms with Crippen LogP contribution in [0, 0.1) is 5.92 Å². The first-order chi connectivity index (χ1) is 17.0. The van der Waals surface area contributed by atoms with E-state index in [0.29, 0.717) is 12.8 Å². The highest BCUT2D eigenvalue weighted by Gasteiger charge is 2.31. The largest absolute Gasteiger partial charge is 0.480 e. The molecule has 0 aromatic heterocycles. The Hall–Kier alpha value is -3.35. The topological polar surface area (TPSA) is 105 Å². The van der Waals surface area contributed by atoms with E-state index in [4.69, 9.17) is 4.74 Å². The third-order valence-corrected chi connectivity index (χ3v) is 7.16. The predicted octanol–water partition coefficient (Wildman–Crippen LogP) is 4.84. The van der Waals surface area contributed by atoms with E-state index in [-0.39, 0.29) is 36.8 Å². The Labute approximate surface area is 206 Å². The maximum atomic E-state index is 12.6. The predicted molar refractivity (Wildman–Crippen MR) is 133 cm³/mol. The van der Waals surface area contributed by atoms with Crippen molar-refractivity contribution in [3.63, 3.8) is 0 Å². The zero-order valence-corrected chi connectivity index (χ0v) is 20.2. The van der Waals surface area contributed by atoms with Crippen LogP contribution in [0.15, 0.2) is 48.5 Å². The molecule has 0 spiro atoms. The summed E-state index contributed by atoms with van der Waals surface area (Å²) in [4.78, 5) is 36.3. The number of carbonyl (C=O) groups excluding carboxylic acids is 2. The monoisotopic (exact) mass is 478 g/mol. The lowest BCUT2D eigenvalue weighted by Crippen LogP contribution is -2.41. The van der Waals surface area contributed by atoms with E-state index in [1.54, 1.807) is 0 Å². The average molecular weight is 479 g/mol.